The SMILES string of the molecule is Cc1ccc(-c2csc(C(=O)N3CCCC[C@H]3CNc3ccccn3)n2)cc1. The first-order valence-electron chi connectivity index (χ1n) is 9.69. The summed E-state index contributed by atoms with van der Waals surface area (Å²) in [6.45, 7) is 3.56. The quantitative estimate of drug-likeness (QED) is 0.688. The van der Waals surface area contributed by atoms with Crippen LogP contribution in [0.2, 0.25) is 0 Å². The van der Waals surface area contributed by atoms with Gasteiger partial charge in [0.15, 0.2) is 5.01 Å². The summed E-state index contributed by atoms with van der Waals surface area (Å²) >= 11 is 1.43. The number of piperidine rings is 1. The molecule has 0 saturated carbocycles. The molecule has 4 rings (SSSR count). The van der Waals surface area contributed by atoms with Gasteiger partial charge in [-0.25, -0.2) is 9.97 Å². The van der Waals surface area contributed by atoms with Gasteiger partial charge in [0.2, 0.25) is 0 Å². The summed E-state index contributed by atoms with van der Waals surface area (Å²) in [6, 6.07) is 14.2. The van der Waals surface area contributed by atoms with Gasteiger partial charge in [-0.15, -0.1) is 11.3 Å². The Bertz CT molecular complexity index is 923. The van der Waals surface area contributed by atoms with Gasteiger partial charge in [0.1, 0.15) is 5.82 Å². The van der Waals surface area contributed by atoms with Gasteiger partial charge >= 0.3 is 0 Å². The van der Waals surface area contributed by atoms with Crippen molar-refractivity contribution in [3.63, 3.8) is 0 Å². The standard InChI is InChI=1S/C22H24N4OS/c1-16-8-10-17(11-9-16)19-15-28-21(25-19)22(27)26-13-5-3-6-18(26)14-24-20-7-2-4-12-23-20/h2,4,7-12,15,18H,3,5-6,13-14H2,1H3,(H,23,24)/t18-/m0/s1. The van der Waals surface area contributed by atoms with Crippen molar-refractivity contribution >= 4 is 23.1 Å². The van der Waals surface area contributed by atoms with E-state index >= 15 is 0 Å². The summed E-state index contributed by atoms with van der Waals surface area (Å²) in [5, 5.41) is 5.91. The molecule has 1 saturated heterocycles. The maximum Gasteiger partial charge on any atom is 0.283 e. The van der Waals surface area contributed by atoms with Crippen LogP contribution in [-0.2, 0) is 0 Å². The lowest BCUT2D eigenvalue weighted by Crippen LogP contribution is -2.47. The number of pyridine rings is 1. The molecule has 0 aliphatic carbocycles. The lowest BCUT2D eigenvalue weighted by Gasteiger charge is -2.35. The van der Waals surface area contributed by atoms with Crippen molar-refractivity contribution in [3.8, 4) is 11.3 Å². The Morgan fingerprint density at radius 2 is 2.07 bits per heavy atom. The van der Waals surface area contributed by atoms with E-state index in [-0.39, 0.29) is 11.9 Å². The highest BCUT2D eigenvalue weighted by molar-refractivity contribution is 7.12. The molecule has 5 nitrogen and oxygen atoms in total. The number of rotatable bonds is 5. The van der Waals surface area contributed by atoms with Crippen LogP contribution in [0, 0.1) is 6.92 Å². The van der Waals surface area contributed by atoms with Gasteiger partial charge < -0.3 is 10.2 Å². The van der Waals surface area contributed by atoms with Crippen LogP contribution in [0.15, 0.2) is 54.0 Å². The maximum absolute atomic E-state index is 13.2. The fraction of sp³-hybridized carbons (Fsp3) is 0.318. The average Bonchev–Trinajstić information content (AvgIpc) is 3.23. The number of likely N-dealkylation sites (tertiary alicyclic amines) is 1. The second-order valence-corrected chi connectivity index (χ2v) is 8.01. The number of aryl methyl sites for hydroxylation is 1. The molecule has 6 heteroatoms. The topological polar surface area (TPSA) is 58.1 Å². The number of nitrogens with zero attached hydrogens (tertiary/aromatic N) is 3. The van der Waals surface area contributed by atoms with Gasteiger partial charge in [-0.2, -0.15) is 0 Å². The van der Waals surface area contributed by atoms with Crippen molar-refractivity contribution in [2.75, 3.05) is 18.4 Å². The number of nitrogens with one attached hydrogen (secondary N) is 1. The first kappa shape index (κ1) is 18.6. The minimum Gasteiger partial charge on any atom is -0.368 e. The minimum atomic E-state index is 0.0379. The molecule has 1 atom stereocenters. The van der Waals surface area contributed by atoms with Crippen LogP contribution in [0.4, 0.5) is 5.82 Å². The van der Waals surface area contributed by atoms with E-state index in [1.165, 1.54) is 16.9 Å². The second kappa shape index (κ2) is 8.52. The van der Waals surface area contributed by atoms with Crippen molar-refractivity contribution in [2.45, 2.75) is 32.2 Å². The second-order valence-electron chi connectivity index (χ2n) is 7.15. The van der Waals surface area contributed by atoms with E-state index < -0.39 is 0 Å². The van der Waals surface area contributed by atoms with E-state index in [0.29, 0.717) is 11.6 Å². The minimum absolute atomic E-state index is 0.0379. The normalized spacial score (nSPS) is 16.8. The molecule has 1 amide bonds. The van der Waals surface area contributed by atoms with Crippen molar-refractivity contribution in [1.82, 2.24) is 14.9 Å². The van der Waals surface area contributed by atoms with E-state index in [9.17, 15) is 4.79 Å². The fourth-order valence-electron chi connectivity index (χ4n) is 3.52. The average molecular weight is 393 g/mol. The third-order valence-electron chi connectivity index (χ3n) is 5.11. The molecule has 1 aromatic carbocycles. The van der Waals surface area contributed by atoms with Gasteiger partial charge in [0, 0.05) is 36.3 Å². The lowest BCUT2D eigenvalue weighted by atomic mass is 10.0. The lowest BCUT2D eigenvalue weighted by molar-refractivity contribution is 0.0628. The molecule has 144 valence electrons. The molecule has 3 heterocycles. The molecular formula is C22H24N4OS. The highest BCUT2D eigenvalue weighted by atomic mass is 32.1. The number of hydrogen-bond donors (Lipinski definition) is 1. The Morgan fingerprint density at radius 1 is 1.21 bits per heavy atom. The monoisotopic (exact) mass is 392 g/mol. The van der Waals surface area contributed by atoms with Crippen LogP contribution in [0.5, 0.6) is 0 Å². The van der Waals surface area contributed by atoms with Crippen molar-refractivity contribution < 1.29 is 4.79 Å². The van der Waals surface area contributed by atoms with Gasteiger partial charge in [0.05, 0.1) is 5.69 Å². The number of benzene rings is 1. The third kappa shape index (κ3) is 4.22. The number of carbonyl (C=O) groups excluding carboxylic acids is 1. The van der Waals surface area contributed by atoms with Crippen LogP contribution >= 0.6 is 11.3 Å². The predicted molar refractivity (Wildman–Crippen MR) is 114 cm³/mol. The molecule has 0 radical (unpaired) electrons. The summed E-state index contributed by atoms with van der Waals surface area (Å²) in [5.74, 6) is 0.882. The largest absolute Gasteiger partial charge is 0.368 e. The molecule has 3 aromatic rings. The van der Waals surface area contributed by atoms with Gasteiger partial charge in [-0.05, 0) is 38.3 Å². The zero-order valence-electron chi connectivity index (χ0n) is 16.0. The van der Waals surface area contributed by atoms with Crippen LogP contribution < -0.4 is 5.32 Å². The summed E-state index contributed by atoms with van der Waals surface area (Å²) < 4.78 is 0. The van der Waals surface area contributed by atoms with E-state index in [2.05, 4.69) is 46.5 Å². The molecule has 1 aliphatic heterocycles. The molecule has 1 N–H and O–H groups in total. The van der Waals surface area contributed by atoms with Crippen LogP contribution in [-0.4, -0.2) is 39.9 Å². The summed E-state index contributed by atoms with van der Waals surface area (Å²) in [4.78, 5) is 24.1. The van der Waals surface area contributed by atoms with Gasteiger partial charge in [-0.3, -0.25) is 4.79 Å². The Balaban J connectivity index is 1.46. The van der Waals surface area contributed by atoms with Crippen LogP contribution in [0.25, 0.3) is 11.3 Å². The summed E-state index contributed by atoms with van der Waals surface area (Å²) in [6.07, 6.45) is 4.96. The Hall–Kier alpha value is -2.73. The van der Waals surface area contributed by atoms with E-state index in [1.54, 1.807) is 6.20 Å². The predicted octanol–water partition coefficient (Wildman–Crippen LogP) is 4.62. The first-order valence-corrected chi connectivity index (χ1v) is 10.6. The molecule has 0 unspecified atom stereocenters. The molecule has 1 fully saturated rings. The highest BCUT2D eigenvalue weighted by Gasteiger charge is 2.29. The fourth-order valence-corrected chi connectivity index (χ4v) is 4.30. The number of carbonyl (C=O) groups is 1. The molecular weight excluding hydrogens is 368 g/mol. The summed E-state index contributed by atoms with van der Waals surface area (Å²) in [7, 11) is 0. The molecule has 28 heavy (non-hydrogen) atoms. The zero-order valence-corrected chi connectivity index (χ0v) is 16.8. The number of hydrogen-bond acceptors (Lipinski definition) is 5. The zero-order chi connectivity index (χ0) is 19.3. The van der Waals surface area contributed by atoms with Gasteiger partial charge in [0.25, 0.3) is 5.91 Å². The number of anilines is 1. The van der Waals surface area contributed by atoms with Crippen molar-refractivity contribution in [2.24, 2.45) is 0 Å². The van der Waals surface area contributed by atoms with E-state index in [4.69, 9.17) is 0 Å². The Labute approximate surface area is 169 Å². The Kier molecular flexibility index (Phi) is 5.67. The molecule has 0 spiro atoms. The third-order valence-corrected chi connectivity index (χ3v) is 5.94. The van der Waals surface area contributed by atoms with Crippen LogP contribution in [0.3, 0.4) is 0 Å². The molecule has 0 bridgehead atoms. The van der Waals surface area contributed by atoms with E-state index in [0.717, 1.165) is 42.9 Å². The summed E-state index contributed by atoms with van der Waals surface area (Å²) in [5.41, 5.74) is 3.13. The van der Waals surface area contributed by atoms with Crippen molar-refractivity contribution in [3.05, 3.63) is 64.6 Å². The van der Waals surface area contributed by atoms with Gasteiger partial charge in [-0.1, -0.05) is 35.9 Å². The Morgan fingerprint density at radius 3 is 2.86 bits per heavy atom. The van der Waals surface area contributed by atoms with Crippen LogP contribution in [0.1, 0.15) is 34.6 Å². The number of amides is 1. The van der Waals surface area contributed by atoms with E-state index in [1.807, 2.05) is 28.5 Å². The maximum atomic E-state index is 13.2. The highest BCUT2D eigenvalue weighted by Crippen LogP contribution is 2.26. The molecule has 2 aromatic heterocycles. The van der Waals surface area contributed by atoms with Crippen molar-refractivity contribution in [1.29, 1.82) is 0 Å². The molecule has 1 aliphatic rings. The number of aromatic nitrogens is 2. The number of thiazole rings is 1. The first-order chi connectivity index (χ1) is 13.7. The smallest absolute Gasteiger partial charge is 0.283 e.